The molecule has 94 valence electrons. The average Bonchev–Trinajstić information content (AvgIpc) is 2.35. The van der Waals surface area contributed by atoms with Gasteiger partial charge in [0, 0.05) is 4.90 Å². The van der Waals surface area contributed by atoms with Gasteiger partial charge in [-0.1, -0.05) is 50.1 Å². The summed E-state index contributed by atoms with van der Waals surface area (Å²) in [5.74, 6) is 0. The van der Waals surface area contributed by atoms with Crippen LogP contribution in [0.4, 0.5) is 0 Å². The number of allylic oxidation sites excluding steroid dienone is 5. The number of hydrogen-bond donors (Lipinski definition) is 0. The number of rotatable bonds is 6. The highest BCUT2D eigenvalue weighted by atomic mass is 32.2. The van der Waals surface area contributed by atoms with Crippen LogP contribution in [-0.2, 0) is 0 Å². The van der Waals surface area contributed by atoms with E-state index < -0.39 is 0 Å². The summed E-state index contributed by atoms with van der Waals surface area (Å²) in [6.45, 7) is 11.6. The molecule has 1 aromatic rings. The Hall–Kier alpha value is -1.51. The molecule has 1 aromatic carbocycles. The third-order valence-electron chi connectivity index (χ3n) is 2.36. The van der Waals surface area contributed by atoms with Crippen molar-refractivity contribution >= 4 is 17.5 Å². The molecule has 0 bridgehead atoms. The lowest BCUT2D eigenvalue weighted by molar-refractivity contribution is 0.702. The standard InChI is InChI=1S/C16H19NS/c1-6-8-14(7-2)13(3)15-9-11-16(12-10-15)18-17(4)5/h6-12H,1-3H2,4-5H3/b14-8+. The summed E-state index contributed by atoms with van der Waals surface area (Å²) < 4.78 is 2.07. The highest BCUT2D eigenvalue weighted by Crippen LogP contribution is 2.25. The molecule has 1 nitrogen and oxygen atoms in total. The zero-order valence-electron chi connectivity index (χ0n) is 11.0. The summed E-state index contributed by atoms with van der Waals surface area (Å²) in [7, 11) is 4.06. The molecule has 0 aliphatic heterocycles. The summed E-state index contributed by atoms with van der Waals surface area (Å²) in [4.78, 5) is 1.21. The molecule has 0 aliphatic rings. The molecule has 0 radical (unpaired) electrons. The molecule has 0 spiro atoms. The van der Waals surface area contributed by atoms with Crippen molar-refractivity contribution in [2.75, 3.05) is 14.1 Å². The van der Waals surface area contributed by atoms with Crippen molar-refractivity contribution in [3.05, 3.63) is 73.4 Å². The maximum Gasteiger partial charge on any atom is 0.0230 e. The Balaban J connectivity index is 2.91. The van der Waals surface area contributed by atoms with E-state index in [1.165, 1.54) is 4.90 Å². The minimum atomic E-state index is 0.964. The first-order valence-electron chi connectivity index (χ1n) is 5.68. The lowest BCUT2D eigenvalue weighted by Crippen LogP contribution is -1.98. The first kappa shape index (κ1) is 14.6. The second kappa shape index (κ2) is 7.04. The molecular formula is C16H19NS. The van der Waals surface area contributed by atoms with Crippen molar-refractivity contribution in [3.8, 4) is 0 Å². The zero-order chi connectivity index (χ0) is 13.5. The molecular weight excluding hydrogens is 238 g/mol. The number of nitrogens with zero attached hydrogens (tertiary/aromatic N) is 1. The van der Waals surface area contributed by atoms with E-state index in [0.29, 0.717) is 0 Å². The van der Waals surface area contributed by atoms with Gasteiger partial charge in [-0.05, 0) is 54.9 Å². The predicted molar refractivity (Wildman–Crippen MR) is 83.5 cm³/mol. The normalized spacial score (nSPS) is 11.4. The zero-order valence-corrected chi connectivity index (χ0v) is 11.8. The van der Waals surface area contributed by atoms with Crippen LogP contribution in [0.3, 0.4) is 0 Å². The van der Waals surface area contributed by atoms with E-state index in [1.54, 1.807) is 24.1 Å². The molecule has 0 saturated heterocycles. The van der Waals surface area contributed by atoms with E-state index in [-0.39, 0.29) is 0 Å². The van der Waals surface area contributed by atoms with Crippen LogP contribution in [0.5, 0.6) is 0 Å². The molecule has 0 fully saturated rings. The summed E-state index contributed by atoms with van der Waals surface area (Å²) in [5, 5.41) is 0. The van der Waals surface area contributed by atoms with Crippen molar-refractivity contribution in [2.45, 2.75) is 4.90 Å². The Morgan fingerprint density at radius 3 is 2.22 bits per heavy atom. The molecule has 0 amide bonds. The van der Waals surface area contributed by atoms with Gasteiger partial charge in [0.05, 0.1) is 0 Å². The van der Waals surface area contributed by atoms with E-state index in [4.69, 9.17) is 0 Å². The Bertz CT molecular complexity index is 466. The van der Waals surface area contributed by atoms with Crippen LogP contribution in [0.15, 0.2) is 72.7 Å². The fourth-order valence-electron chi connectivity index (χ4n) is 1.51. The van der Waals surface area contributed by atoms with Gasteiger partial charge in [0.1, 0.15) is 0 Å². The Morgan fingerprint density at radius 1 is 1.17 bits per heavy atom. The molecule has 0 heterocycles. The van der Waals surface area contributed by atoms with Gasteiger partial charge in [-0.25, -0.2) is 0 Å². The van der Waals surface area contributed by atoms with Crippen LogP contribution in [0, 0.1) is 0 Å². The lowest BCUT2D eigenvalue weighted by atomic mass is 9.99. The monoisotopic (exact) mass is 257 g/mol. The smallest absolute Gasteiger partial charge is 0.0230 e. The van der Waals surface area contributed by atoms with Gasteiger partial charge in [-0.3, -0.25) is 4.31 Å². The molecule has 0 unspecified atom stereocenters. The highest BCUT2D eigenvalue weighted by Gasteiger charge is 2.03. The minimum Gasteiger partial charge on any atom is -0.253 e. The van der Waals surface area contributed by atoms with Crippen molar-refractivity contribution in [2.24, 2.45) is 0 Å². The van der Waals surface area contributed by atoms with E-state index in [2.05, 4.69) is 48.3 Å². The quantitative estimate of drug-likeness (QED) is 0.542. The van der Waals surface area contributed by atoms with Crippen LogP contribution in [0.1, 0.15) is 5.56 Å². The first-order valence-corrected chi connectivity index (χ1v) is 6.46. The van der Waals surface area contributed by atoms with Crippen LogP contribution >= 0.6 is 11.9 Å². The van der Waals surface area contributed by atoms with Crippen molar-refractivity contribution in [1.82, 2.24) is 4.31 Å². The van der Waals surface area contributed by atoms with Gasteiger partial charge < -0.3 is 0 Å². The maximum atomic E-state index is 4.10. The maximum absolute atomic E-state index is 4.10. The molecule has 0 atom stereocenters. The molecule has 0 saturated carbocycles. The van der Waals surface area contributed by atoms with Crippen molar-refractivity contribution < 1.29 is 0 Å². The second-order valence-corrected chi connectivity index (χ2v) is 5.35. The van der Waals surface area contributed by atoms with Crippen LogP contribution in [0.25, 0.3) is 5.57 Å². The van der Waals surface area contributed by atoms with Gasteiger partial charge in [0.15, 0.2) is 0 Å². The SMILES string of the molecule is C=C/C=C(\C=C)C(=C)c1ccc(SN(C)C)cc1. The van der Waals surface area contributed by atoms with Gasteiger partial charge >= 0.3 is 0 Å². The fraction of sp³-hybridized carbons (Fsp3) is 0.125. The van der Waals surface area contributed by atoms with E-state index in [9.17, 15) is 0 Å². The number of hydrogen-bond acceptors (Lipinski definition) is 2. The highest BCUT2D eigenvalue weighted by molar-refractivity contribution is 7.97. The Morgan fingerprint density at radius 2 is 1.78 bits per heavy atom. The van der Waals surface area contributed by atoms with Crippen LogP contribution in [-0.4, -0.2) is 18.4 Å². The van der Waals surface area contributed by atoms with Crippen molar-refractivity contribution in [3.63, 3.8) is 0 Å². The second-order valence-electron chi connectivity index (χ2n) is 3.97. The lowest BCUT2D eigenvalue weighted by Gasteiger charge is -2.10. The minimum absolute atomic E-state index is 0.964. The van der Waals surface area contributed by atoms with Crippen molar-refractivity contribution in [1.29, 1.82) is 0 Å². The van der Waals surface area contributed by atoms with Crippen LogP contribution < -0.4 is 0 Å². The van der Waals surface area contributed by atoms with E-state index in [0.717, 1.165) is 16.7 Å². The molecule has 2 heteroatoms. The van der Waals surface area contributed by atoms with Gasteiger partial charge in [0.25, 0.3) is 0 Å². The average molecular weight is 257 g/mol. The van der Waals surface area contributed by atoms with Gasteiger partial charge in [-0.2, -0.15) is 0 Å². The molecule has 0 aromatic heterocycles. The van der Waals surface area contributed by atoms with E-state index >= 15 is 0 Å². The third-order valence-corrected chi connectivity index (χ3v) is 3.20. The fourth-order valence-corrected chi connectivity index (χ4v) is 2.19. The topological polar surface area (TPSA) is 3.24 Å². The number of benzene rings is 1. The summed E-state index contributed by atoms with van der Waals surface area (Å²) in [6, 6.07) is 8.35. The van der Waals surface area contributed by atoms with Gasteiger partial charge in [0.2, 0.25) is 0 Å². The molecule has 1 rings (SSSR count). The summed E-state index contributed by atoms with van der Waals surface area (Å²) in [5.41, 5.74) is 3.07. The summed E-state index contributed by atoms with van der Waals surface area (Å²) in [6.07, 6.45) is 5.46. The summed E-state index contributed by atoms with van der Waals surface area (Å²) >= 11 is 1.70. The predicted octanol–water partition coefficient (Wildman–Crippen LogP) is 4.57. The molecule has 0 N–H and O–H groups in total. The van der Waals surface area contributed by atoms with Crippen LogP contribution in [0.2, 0.25) is 0 Å². The largest absolute Gasteiger partial charge is 0.253 e. The first-order chi connectivity index (χ1) is 8.58. The van der Waals surface area contributed by atoms with Gasteiger partial charge in [-0.15, -0.1) is 0 Å². The Labute approximate surface area is 114 Å². The molecule has 18 heavy (non-hydrogen) atoms. The Kier molecular flexibility index (Phi) is 5.69. The molecule has 0 aliphatic carbocycles. The van der Waals surface area contributed by atoms with E-state index in [1.807, 2.05) is 20.2 Å². The third kappa shape index (κ3) is 4.06.